The molecule has 0 aliphatic carbocycles. The monoisotopic (exact) mass is 352 g/mol. The number of benzene rings is 2. The third-order valence-corrected chi connectivity index (χ3v) is 4.82. The Labute approximate surface area is 154 Å². The fourth-order valence-electron chi connectivity index (χ4n) is 3.15. The van der Waals surface area contributed by atoms with Gasteiger partial charge < -0.3 is 9.64 Å². The van der Waals surface area contributed by atoms with Gasteiger partial charge in [-0.3, -0.25) is 9.69 Å². The molecule has 136 valence electrons. The van der Waals surface area contributed by atoms with Crippen molar-refractivity contribution < 1.29 is 14.3 Å². The summed E-state index contributed by atoms with van der Waals surface area (Å²) in [4.78, 5) is 28.4. The Morgan fingerprint density at radius 3 is 2.38 bits per heavy atom. The van der Waals surface area contributed by atoms with Crippen molar-refractivity contribution >= 4 is 12.0 Å². The molecule has 0 spiro atoms. The average Bonchev–Trinajstić information content (AvgIpc) is 2.67. The largest absolute Gasteiger partial charge is 0.444 e. The van der Waals surface area contributed by atoms with E-state index in [0.29, 0.717) is 6.42 Å². The Balaban J connectivity index is 1.67. The second kappa shape index (κ2) is 8.04. The molecule has 1 aliphatic rings. The van der Waals surface area contributed by atoms with Crippen LogP contribution < -0.4 is 0 Å². The molecule has 0 aromatic heterocycles. The topological polar surface area (TPSA) is 49.9 Å². The van der Waals surface area contributed by atoms with Gasteiger partial charge in [0.1, 0.15) is 6.61 Å². The summed E-state index contributed by atoms with van der Waals surface area (Å²) in [5, 5.41) is 0. The van der Waals surface area contributed by atoms with E-state index in [1.165, 1.54) is 0 Å². The third kappa shape index (κ3) is 4.04. The standard InChI is InChI=1S/C21H24N2O3/c1-16-13-20(24)23(17(2)19-11-7-4-8-12-19)15-22(16)21(25)26-14-18-9-5-3-6-10-18/h3-12,16-17H,13-15H2,1-2H3/t16-,17-/m1/s1. The van der Waals surface area contributed by atoms with Crippen molar-refractivity contribution in [2.45, 2.75) is 39.0 Å². The molecular weight excluding hydrogens is 328 g/mol. The number of amides is 2. The molecule has 26 heavy (non-hydrogen) atoms. The van der Waals surface area contributed by atoms with Crippen LogP contribution in [-0.4, -0.2) is 34.5 Å². The quantitative estimate of drug-likeness (QED) is 0.837. The lowest BCUT2D eigenvalue weighted by Gasteiger charge is -2.41. The van der Waals surface area contributed by atoms with Crippen LogP contribution in [0.5, 0.6) is 0 Å². The second-order valence-electron chi connectivity index (χ2n) is 6.65. The van der Waals surface area contributed by atoms with Crippen LogP contribution >= 0.6 is 0 Å². The molecule has 3 rings (SSSR count). The lowest BCUT2D eigenvalue weighted by Crippen LogP contribution is -2.55. The van der Waals surface area contributed by atoms with Gasteiger partial charge in [-0.05, 0) is 25.0 Å². The summed E-state index contributed by atoms with van der Waals surface area (Å²) in [5.74, 6) is 0.0564. The van der Waals surface area contributed by atoms with Crippen LogP contribution in [0.1, 0.15) is 37.4 Å². The van der Waals surface area contributed by atoms with E-state index in [2.05, 4.69) is 0 Å². The predicted octanol–water partition coefficient (Wildman–Crippen LogP) is 3.96. The maximum absolute atomic E-state index is 12.6. The first-order chi connectivity index (χ1) is 12.6. The van der Waals surface area contributed by atoms with Crippen molar-refractivity contribution in [3.8, 4) is 0 Å². The van der Waals surface area contributed by atoms with Crippen molar-refractivity contribution in [1.82, 2.24) is 9.80 Å². The van der Waals surface area contributed by atoms with Crippen LogP contribution in [0.25, 0.3) is 0 Å². The normalized spacial score (nSPS) is 18.5. The molecule has 2 aromatic rings. The Bertz CT molecular complexity index is 748. The van der Waals surface area contributed by atoms with E-state index < -0.39 is 0 Å². The summed E-state index contributed by atoms with van der Waals surface area (Å²) in [5.41, 5.74) is 1.99. The summed E-state index contributed by atoms with van der Waals surface area (Å²) < 4.78 is 5.46. The molecule has 0 bridgehead atoms. The number of carbonyl (C=O) groups is 2. The van der Waals surface area contributed by atoms with Gasteiger partial charge in [0.15, 0.2) is 0 Å². The van der Waals surface area contributed by atoms with E-state index in [1.807, 2.05) is 74.5 Å². The molecule has 0 unspecified atom stereocenters. The summed E-state index contributed by atoms with van der Waals surface area (Å²) in [6.07, 6.45) is -0.0865. The molecular formula is C21H24N2O3. The van der Waals surface area contributed by atoms with Crippen LogP contribution in [0.4, 0.5) is 4.79 Å². The lowest BCUT2D eigenvalue weighted by atomic mass is 10.0. The van der Waals surface area contributed by atoms with Gasteiger partial charge in [-0.25, -0.2) is 4.79 Å². The molecule has 1 aliphatic heterocycles. The van der Waals surface area contributed by atoms with Crippen LogP contribution in [0.3, 0.4) is 0 Å². The maximum atomic E-state index is 12.6. The maximum Gasteiger partial charge on any atom is 0.411 e. The zero-order valence-electron chi connectivity index (χ0n) is 15.2. The Kier molecular flexibility index (Phi) is 5.56. The van der Waals surface area contributed by atoms with Gasteiger partial charge in [0.2, 0.25) is 5.91 Å². The van der Waals surface area contributed by atoms with E-state index in [1.54, 1.807) is 9.80 Å². The van der Waals surface area contributed by atoms with Gasteiger partial charge in [0.05, 0.1) is 12.7 Å². The molecule has 0 saturated carbocycles. The van der Waals surface area contributed by atoms with E-state index in [9.17, 15) is 9.59 Å². The molecule has 2 amide bonds. The third-order valence-electron chi connectivity index (χ3n) is 4.82. The molecule has 1 saturated heterocycles. The van der Waals surface area contributed by atoms with E-state index in [0.717, 1.165) is 11.1 Å². The summed E-state index contributed by atoms with van der Waals surface area (Å²) in [7, 11) is 0. The molecule has 2 atom stereocenters. The van der Waals surface area contributed by atoms with E-state index in [4.69, 9.17) is 4.74 Å². The number of hydrogen-bond acceptors (Lipinski definition) is 3. The van der Waals surface area contributed by atoms with Gasteiger partial charge >= 0.3 is 6.09 Å². The molecule has 2 aromatic carbocycles. The van der Waals surface area contributed by atoms with Crippen molar-refractivity contribution in [3.63, 3.8) is 0 Å². The SMILES string of the molecule is C[C@@H]1CC(=O)N([C@H](C)c2ccccc2)CN1C(=O)OCc1ccccc1. The second-order valence-corrected chi connectivity index (χ2v) is 6.65. The first-order valence-electron chi connectivity index (χ1n) is 8.88. The van der Waals surface area contributed by atoms with Crippen molar-refractivity contribution in [2.75, 3.05) is 6.67 Å². The highest BCUT2D eigenvalue weighted by Gasteiger charge is 2.35. The highest BCUT2D eigenvalue weighted by molar-refractivity contribution is 5.80. The molecule has 0 radical (unpaired) electrons. The molecule has 0 N–H and O–H groups in total. The summed E-state index contributed by atoms with van der Waals surface area (Å²) >= 11 is 0. The summed E-state index contributed by atoms with van der Waals surface area (Å²) in [6.45, 7) is 4.33. The predicted molar refractivity (Wildman–Crippen MR) is 99.1 cm³/mol. The number of ether oxygens (including phenoxy) is 1. The average molecular weight is 352 g/mol. The first-order valence-corrected chi connectivity index (χ1v) is 8.88. The van der Waals surface area contributed by atoms with Gasteiger partial charge in [-0.2, -0.15) is 0 Å². The van der Waals surface area contributed by atoms with Crippen molar-refractivity contribution in [3.05, 3.63) is 71.8 Å². The van der Waals surface area contributed by atoms with Crippen LogP contribution in [0.2, 0.25) is 0 Å². The minimum absolute atomic E-state index is 0.0564. The van der Waals surface area contributed by atoms with Gasteiger partial charge in [0.25, 0.3) is 0 Å². The molecule has 5 heteroatoms. The molecule has 5 nitrogen and oxygen atoms in total. The van der Waals surface area contributed by atoms with Gasteiger partial charge in [0, 0.05) is 12.5 Å². The smallest absolute Gasteiger partial charge is 0.411 e. The van der Waals surface area contributed by atoms with E-state index >= 15 is 0 Å². The van der Waals surface area contributed by atoms with Gasteiger partial charge in [-0.1, -0.05) is 60.7 Å². The molecule has 1 heterocycles. The van der Waals surface area contributed by atoms with E-state index in [-0.39, 0.29) is 37.4 Å². The highest BCUT2D eigenvalue weighted by Crippen LogP contribution is 2.26. The fourth-order valence-corrected chi connectivity index (χ4v) is 3.15. The van der Waals surface area contributed by atoms with Crippen molar-refractivity contribution in [1.29, 1.82) is 0 Å². The van der Waals surface area contributed by atoms with Gasteiger partial charge in [-0.15, -0.1) is 0 Å². The van der Waals surface area contributed by atoms with Crippen LogP contribution in [-0.2, 0) is 16.1 Å². The zero-order valence-corrected chi connectivity index (χ0v) is 15.2. The number of rotatable bonds is 4. The Morgan fingerprint density at radius 2 is 1.73 bits per heavy atom. The number of hydrogen-bond donors (Lipinski definition) is 0. The number of carbonyl (C=O) groups excluding carboxylic acids is 2. The van der Waals surface area contributed by atoms with Crippen molar-refractivity contribution in [2.24, 2.45) is 0 Å². The number of nitrogens with zero attached hydrogens (tertiary/aromatic N) is 2. The molecule has 1 fully saturated rings. The highest BCUT2D eigenvalue weighted by atomic mass is 16.6. The Morgan fingerprint density at radius 1 is 1.12 bits per heavy atom. The minimum atomic E-state index is -0.390. The summed E-state index contributed by atoms with van der Waals surface area (Å²) in [6, 6.07) is 19.1. The zero-order chi connectivity index (χ0) is 18.5. The minimum Gasteiger partial charge on any atom is -0.444 e. The van der Waals surface area contributed by atoms with Crippen LogP contribution in [0, 0.1) is 0 Å². The first kappa shape index (κ1) is 18.0. The van der Waals surface area contributed by atoms with Crippen LogP contribution in [0.15, 0.2) is 60.7 Å². The Hall–Kier alpha value is -2.82. The fraction of sp³-hybridized carbons (Fsp3) is 0.333. The lowest BCUT2D eigenvalue weighted by molar-refractivity contribution is -0.142.